The molecule has 0 radical (unpaired) electrons. The number of aromatic nitrogens is 2. The molecular weight excluding hydrogens is 478 g/mol. The van der Waals surface area contributed by atoms with Crippen molar-refractivity contribution in [2.45, 2.75) is 20.4 Å². The van der Waals surface area contributed by atoms with Crippen LogP contribution in [0.3, 0.4) is 0 Å². The van der Waals surface area contributed by atoms with Gasteiger partial charge in [-0.1, -0.05) is 23.7 Å². The summed E-state index contributed by atoms with van der Waals surface area (Å²) in [5.41, 5.74) is 1.89. The van der Waals surface area contributed by atoms with Crippen LogP contribution in [0.4, 0.5) is 5.69 Å². The lowest BCUT2D eigenvalue weighted by atomic mass is 10.1. The second-order valence-electron chi connectivity index (χ2n) is 7.67. The number of fused-ring (bicyclic) bond motifs is 1. The molecule has 176 valence electrons. The van der Waals surface area contributed by atoms with Crippen molar-refractivity contribution in [2.75, 3.05) is 19.5 Å². The van der Waals surface area contributed by atoms with Gasteiger partial charge in [0.05, 0.1) is 36.1 Å². The minimum atomic E-state index is -0.598. The van der Waals surface area contributed by atoms with Crippen molar-refractivity contribution in [2.24, 2.45) is 0 Å². The lowest BCUT2D eigenvalue weighted by molar-refractivity contribution is -0.116. The molecule has 0 aliphatic heterocycles. The second kappa shape index (κ2) is 9.36. The predicted molar refractivity (Wildman–Crippen MR) is 134 cm³/mol. The Morgan fingerprint density at radius 2 is 1.79 bits per heavy atom. The van der Waals surface area contributed by atoms with Crippen LogP contribution in [-0.2, 0) is 11.3 Å². The Bertz CT molecular complexity index is 1540. The summed E-state index contributed by atoms with van der Waals surface area (Å²) in [6.07, 6.45) is 0. The van der Waals surface area contributed by atoms with E-state index >= 15 is 0 Å². The van der Waals surface area contributed by atoms with Crippen LogP contribution in [0.2, 0.25) is 5.02 Å². The first kappa shape index (κ1) is 23.6. The van der Waals surface area contributed by atoms with E-state index in [4.69, 9.17) is 21.1 Å². The summed E-state index contributed by atoms with van der Waals surface area (Å²) in [6.45, 7) is 3.40. The number of carbonyl (C=O) groups is 1. The molecular formula is C24H22ClN3O5S. The summed E-state index contributed by atoms with van der Waals surface area (Å²) in [5.74, 6) is 0.261. The molecule has 1 amide bonds. The van der Waals surface area contributed by atoms with Crippen molar-refractivity contribution >= 4 is 44.7 Å². The molecule has 4 aromatic rings. The molecule has 0 fully saturated rings. The summed E-state index contributed by atoms with van der Waals surface area (Å²) >= 11 is 7.42. The highest BCUT2D eigenvalue weighted by Crippen LogP contribution is 2.35. The standard InChI is InChI=1S/C24H22ClN3O5S/c1-13-5-6-14(2)18(9-13)28-23(30)22-17(7-8-34-22)27(24(28)31)12-21(29)26-16-10-15(25)19(32-3)11-20(16)33-4/h5-11H,12H2,1-4H3,(H,26,29). The van der Waals surface area contributed by atoms with Crippen molar-refractivity contribution in [3.63, 3.8) is 0 Å². The van der Waals surface area contributed by atoms with Crippen molar-refractivity contribution in [3.8, 4) is 17.2 Å². The molecule has 0 spiro atoms. The fraction of sp³-hybridized carbons (Fsp3) is 0.208. The van der Waals surface area contributed by atoms with Gasteiger partial charge in [-0.25, -0.2) is 9.36 Å². The average molecular weight is 500 g/mol. The first-order valence-electron chi connectivity index (χ1n) is 10.3. The van der Waals surface area contributed by atoms with Crippen LogP contribution in [0.25, 0.3) is 15.9 Å². The number of methoxy groups -OCH3 is 2. The maximum atomic E-state index is 13.5. The van der Waals surface area contributed by atoms with Crippen LogP contribution < -0.4 is 26.0 Å². The van der Waals surface area contributed by atoms with Gasteiger partial charge in [-0.05, 0) is 48.6 Å². The molecule has 0 saturated heterocycles. The molecule has 10 heteroatoms. The van der Waals surface area contributed by atoms with E-state index in [0.29, 0.717) is 38.1 Å². The summed E-state index contributed by atoms with van der Waals surface area (Å²) in [5, 5.41) is 4.75. The first-order valence-corrected chi connectivity index (χ1v) is 11.5. The smallest absolute Gasteiger partial charge is 0.336 e. The zero-order valence-electron chi connectivity index (χ0n) is 19.0. The Morgan fingerprint density at radius 1 is 1.06 bits per heavy atom. The minimum absolute atomic E-state index is 0.291. The monoisotopic (exact) mass is 499 g/mol. The van der Waals surface area contributed by atoms with Crippen molar-refractivity contribution in [1.29, 1.82) is 0 Å². The number of nitrogens with one attached hydrogen (secondary N) is 1. The Morgan fingerprint density at radius 3 is 2.50 bits per heavy atom. The Balaban J connectivity index is 1.79. The van der Waals surface area contributed by atoms with E-state index in [1.54, 1.807) is 23.6 Å². The van der Waals surface area contributed by atoms with E-state index in [9.17, 15) is 14.4 Å². The summed E-state index contributed by atoms with van der Waals surface area (Å²) in [4.78, 5) is 39.7. The van der Waals surface area contributed by atoms with Gasteiger partial charge < -0.3 is 14.8 Å². The normalized spacial score (nSPS) is 11.0. The lowest BCUT2D eigenvalue weighted by Gasteiger charge is -2.16. The third kappa shape index (κ3) is 4.20. The number of rotatable bonds is 6. The van der Waals surface area contributed by atoms with Gasteiger partial charge in [-0.2, -0.15) is 0 Å². The van der Waals surface area contributed by atoms with E-state index < -0.39 is 17.2 Å². The quantitative estimate of drug-likeness (QED) is 0.430. The third-order valence-electron chi connectivity index (χ3n) is 5.41. The average Bonchev–Trinajstić information content (AvgIpc) is 3.29. The zero-order valence-corrected chi connectivity index (χ0v) is 20.5. The van der Waals surface area contributed by atoms with E-state index in [-0.39, 0.29) is 6.54 Å². The van der Waals surface area contributed by atoms with Crippen LogP contribution in [0, 0.1) is 13.8 Å². The van der Waals surface area contributed by atoms with Gasteiger partial charge >= 0.3 is 5.69 Å². The predicted octanol–water partition coefficient (Wildman–Crippen LogP) is 4.14. The molecule has 8 nitrogen and oxygen atoms in total. The topological polar surface area (TPSA) is 91.6 Å². The first-order chi connectivity index (χ1) is 16.2. The minimum Gasteiger partial charge on any atom is -0.495 e. The summed E-state index contributed by atoms with van der Waals surface area (Å²) in [6, 6.07) is 10.3. The van der Waals surface area contributed by atoms with Gasteiger partial charge in [0.1, 0.15) is 22.7 Å². The van der Waals surface area contributed by atoms with Gasteiger partial charge in [0.15, 0.2) is 0 Å². The molecule has 2 heterocycles. The van der Waals surface area contributed by atoms with Crippen LogP contribution in [0.5, 0.6) is 11.5 Å². The number of ether oxygens (including phenoxy) is 2. The molecule has 0 bridgehead atoms. The summed E-state index contributed by atoms with van der Waals surface area (Å²) in [7, 11) is 2.93. The molecule has 4 rings (SSSR count). The number of amides is 1. The van der Waals surface area contributed by atoms with Crippen molar-refractivity contribution in [1.82, 2.24) is 9.13 Å². The third-order valence-corrected chi connectivity index (χ3v) is 6.60. The second-order valence-corrected chi connectivity index (χ2v) is 8.99. The number of carbonyl (C=O) groups excluding carboxylic acids is 1. The molecule has 34 heavy (non-hydrogen) atoms. The number of benzene rings is 2. The van der Waals surface area contributed by atoms with Crippen molar-refractivity contribution in [3.05, 3.63) is 78.8 Å². The number of anilines is 1. The van der Waals surface area contributed by atoms with Crippen LogP contribution in [-0.4, -0.2) is 29.3 Å². The number of nitrogens with zero attached hydrogens (tertiary/aromatic N) is 2. The maximum absolute atomic E-state index is 13.5. The van der Waals surface area contributed by atoms with Crippen LogP contribution >= 0.6 is 22.9 Å². The van der Waals surface area contributed by atoms with Gasteiger partial charge in [0, 0.05) is 6.07 Å². The van der Waals surface area contributed by atoms with Crippen LogP contribution in [0.1, 0.15) is 11.1 Å². The Hall–Kier alpha value is -3.56. The maximum Gasteiger partial charge on any atom is 0.336 e. The highest BCUT2D eigenvalue weighted by atomic mass is 35.5. The number of thiophene rings is 1. The number of hydrogen-bond acceptors (Lipinski definition) is 6. The van der Waals surface area contributed by atoms with E-state index in [1.807, 2.05) is 26.0 Å². The van der Waals surface area contributed by atoms with Gasteiger partial charge in [0.2, 0.25) is 5.91 Å². The molecule has 0 aliphatic rings. The van der Waals surface area contributed by atoms with E-state index in [2.05, 4.69) is 5.32 Å². The summed E-state index contributed by atoms with van der Waals surface area (Å²) < 4.78 is 13.3. The lowest BCUT2D eigenvalue weighted by Crippen LogP contribution is -2.40. The van der Waals surface area contributed by atoms with E-state index in [0.717, 1.165) is 15.7 Å². The van der Waals surface area contributed by atoms with Gasteiger partial charge in [-0.3, -0.25) is 14.2 Å². The molecule has 0 unspecified atom stereocenters. The van der Waals surface area contributed by atoms with Gasteiger partial charge in [0.25, 0.3) is 5.56 Å². The highest BCUT2D eigenvalue weighted by Gasteiger charge is 2.20. The Labute approximate surface area is 203 Å². The fourth-order valence-electron chi connectivity index (χ4n) is 3.70. The highest BCUT2D eigenvalue weighted by molar-refractivity contribution is 7.17. The molecule has 2 aromatic heterocycles. The number of aryl methyl sites for hydroxylation is 2. The largest absolute Gasteiger partial charge is 0.495 e. The molecule has 0 aliphatic carbocycles. The van der Waals surface area contributed by atoms with Gasteiger partial charge in [-0.15, -0.1) is 11.3 Å². The molecule has 0 atom stereocenters. The SMILES string of the molecule is COc1cc(OC)c(NC(=O)Cn2c(=O)n(-c3cc(C)ccc3C)c(=O)c3sccc32)cc1Cl. The molecule has 0 saturated carbocycles. The Kier molecular flexibility index (Phi) is 6.49. The number of hydrogen-bond donors (Lipinski definition) is 1. The van der Waals surface area contributed by atoms with Crippen LogP contribution in [0.15, 0.2) is 51.4 Å². The molecule has 2 aromatic carbocycles. The molecule has 1 N–H and O–H groups in total. The fourth-order valence-corrected chi connectivity index (χ4v) is 4.77. The zero-order chi connectivity index (χ0) is 24.6. The van der Waals surface area contributed by atoms with Crippen molar-refractivity contribution < 1.29 is 14.3 Å². The number of halogens is 1. The van der Waals surface area contributed by atoms with E-state index in [1.165, 1.54) is 36.2 Å².